The number of carbonyl (C=O) groups is 2. The summed E-state index contributed by atoms with van der Waals surface area (Å²) in [6.45, 7) is 4.02. The van der Waals surface area contributed by atoms with Gasteiger partial charge in [-0.3, -0.25) is 14.5 Å². The summed E-state index contributed by atoms with van der Waals surface area (Å²) < 4.78 is 7.64. The van der Waals surface area contributed by atoms with Crippen LogP contribution in [0.15, 0.2) is 59.6 Å². The van der Waals surface area contributed by atoms with E-state index >= 15 is 0 Å². The molecule has 2 aromatic carbocycles. The minimum absolute atomic E-state index is 0.225. The third kappa shape index (κ3) is 4.84. The molecule has 1 aliphatic rings. The summed E-state index contributed by atoms with van der Waals surface area (Å²) in [7, 11) is 0. The molecule has 7 nitrogen and oxygen atoms in total. The summed E-state index contributed by atoms with van der Waals surface area (Å²) in [5.74, 6) is -0.733. The van der Waals surface area contributed by atoms with E-state index in [9.17, 15) is 9.59 Å². The quantitative estimate of drug-likeness (QED) is 0.394. The molecule has 1 aromatic heterocycles. The van der Waals surface area contributed by atoms with E-state index in [1.807, 2.05) is 68.6 Å². The molecule has 9 heteroatoms. The van der Waals surface area contributed by atoms with Crippen molar-refractivity contribution >= 4 is 46.3 Å². The van der Waals surface area contributed by atoms with Gasteiger partial charge in [0.2, 0.25) is 0 Å². The minimum Gasteiger partial charge on any atom is -0.494 e. The van der Waals surface area contributed by atoms with Crippen LogP contribution in [0.1, 0.15) is 18.1 Å². The molecule has 0 aliphatic carbocycles. The Morgan fingerprint density at radius 3 is 2.67 bits per heavy atom. The summed E-state index contributed by atoms with van der Waals surface area (Å²) in [5.41, 5.74) is 4.13. The van der Waals surface area contributed by atoms with Crippen LogP contribution in [0, 0.1) is 6.92 Å². The Labute approximate surface area is 200 Å². The highest BCUT2D eigenvalue weighted by atomic mass is 32.2. The van der Waals surface area contributed by atoms with Crippen LogP contribution in [0.5, 0.6) is 5.75 Å². The highest BCUT2D eigenvalue weighted by Gasteiger charge is 2.33. The van der Waals surface area contributed by atoms with E-state index in [2.05, 4.69) is 0 Å². The molecule has 33 heavy (non-hydrogen) atoms. The fraction of sp³-hybridized carbons (Fsp3) is 0.167. The van der Waals surface area contributed by atoms with Crippen molar-refractivity contribution in [3.63, 3.8) is 0 Å². The lowest BCUT2D eigenvalue weighted by Crippen LogP contribution is -2.33. The van der Waals surface area contributed by atoms with Gasteiger partial charge in [0, 0.05) is 17.3 Å². The van der Waals surface area contributed by atoms with Crippen LogP contribution in [-0.4, -0.2) is 49.1 Å². The van der Waals surface area contributed by atoms with Crippen LogP contribution in [0.4, 0.5) is 0 Å². The van der Waals surface area contributed by atoms with Crippen LogP contribution < -0.4 is 4.74 Å². The molecular formula is C24H21N3O4S2. The minimum atomic E-state index is -1.12. The first kappa shape index (κ1) is 22.8. The number of hydrogen-bond donors (Lipinski definition) is 1. The van der Waals surface area contributed by atoms with Crippen molar-refractivity contribution in [1.29, 1.82) is 0 Å². The number of carboxylic acids is 1. The third-order valence-corrected chi connectivity index (χ3v) is 6.34. The lowest BCUT2D eigenvalue weighted by atomic mass is 10.0. The number of rotatable bonds is 7. The van der Waals surface area contributed by atoms with Gasteiger partial charge in [0.1, 0.15) is 22.3 Å². The molecule has 0 saturated carbocycles. The number of amides is 1. The number of aliphatic carboxylic acids is 1. The van der Waals surface area contributed by atoms with Crippen LogP contribution in [0.2, 0.25) is 0 Å². The van der Waals surface area contributed by atoms with Gasteiger partial charge < -0.3 is 9.84 Å². The number of carboxylic acid groups (broad SMARTS) is 1. The first-order chi connectivity index (χ1) is 15.9. The van der Waals surface area contributed by atoms with Crippen molar-refractivity contribution in [2.75, 3.05) is 13.2 Å². The number of ether oxygens (including phenoxy) is 1. The molecule has 4 rings (SSSR count). The van der Waals surface area contributed by atoms with Gasteiger partial charge in [-0.25, -0.2) is 4.68 Å². The molecule has 1 fully saturated rings. The zero-order valence-corrected chi connectivity index (χ0v) is 19.7. The van der Waals surface area contributed by atoms with Gasteiger partial charge in [0.15, 0.2) is 0 Å². The van der Waals surface area contributed by atoms with Gasteiger partial charge >= 0.3 is 5.97 Å². The molecule has 3 aromatic rings. The lowest BCUT2D eigenvalue weighted by molar-refractivity contribution is -0.140. The summed E-state index contributed by atoms with van der Waals surface area (Å²) in [6.07, 6.45) is 3.56. The number of aromatic nitrogens is 2. The Hall–Kier alpha value is -3.43. The van der Waals surface area contributed by atoms with E-state index in [-0.39, 0.29) is 4.32 Å². The molecular weight excluding hydrogens is 458 g/mol. The van der Waals surface area contributed by atoms with Crippen molar-refractivity contribution in [2.24, 2.45) is 0 Å². The number of nitrogens with zero attached hydrogens (tertiary/aromatic N) is 3. The van der Waals surface area contributed by atoms with Crippen molar-refractivity contribution in [2.45, 2.75) is 13.8 Å². The summed E-state index contributed by atoms with van der Waals surface area (Å²) in [4.78, 5) is 25.4. The van der Waals surface area contributed by atoms with Gasteiger partial charge in [-0.15, -0.1) is 0 Å². The van der Waals surface area contributed by atoms with Crippen molar-refractivity contribution in [3.05, 3.63) is 70.8 Å². The molecule has 1 aliphatic heterocycles. The molecule has 0 bridgehead atoms. The number of thiocarbonyl (C=S) groups is 1. The van der Waals surface area contributed by atoms with Crippen molar-refractivity contribution in [3.8, 4) is 22.7 Å². The second-order valence-corrected chi connectivity index (χ2v) is 8.96. The fourth-order valence-electron chi connectivity index (χ4n) is 3.46. The van der Waals surface area contributed by atoms with Gasteiger partial charge in [-0.05, 0) is 55.8 Å². The Morgan fingerprint density at radius 1 is 1.24 bits per heavy atom. The fourth-order valence-corrected chi connectivity index (χ4v) is 4.70. The average molecular weight is 480 g/mol. The number of benzene rings is 2. The van der Waals surface area contributed by atoms with E-state index < -0.39 is 18.4 Å². The maximum Gasteiger partial charge on any atom is 0.323 e. The second kappa shape index (κ2) is 9.60. The summed E-state index contributed by atoms with van der Waals surface area (Å²) in [5, 5.41) is 13.9. The van der Waals surface area contributed by atoms with E-state index in [0.717, 1.165) is 44.8 Å². The second-order valence-electron chi connectivity index (χ2n) is 7.29. The Morgan fingerprint density at radius 2 is 2.00 bits per heavy atom. The zero-order valence-electron chi connectivity index (χ0n) is 18.0. The molecule has 1 amide bonds. The molecule has 0 unspecified atom stereocenters. The maximum absolute atomic E-state index is 12.8. The molecule has 0 atom stereocenters. The van der Waals surface area contributed by atoms with Crippen molar-refractivity contribution < 1.29 is 19.4 Å². The van der Waals surface area contributed by atoms with Gasteiger partial charge in [0.25, 0.3) is 5.91 Å². The lowest BCUT2D eigenvalue weighted by Gasteiger charge is -2.10. The number of carbonyl (C=O) groups excluding carboxylic acids is 1. The Balaban J connectivity index is 1.79. The number of thioether (sulfide) groups is 1. The van der Waals surface area contributed by atoms with Crippen molar-refractivity contribution in [1.82, 2.24) is 14.7 Å². The smallest absolute Gasteiger partial charge is 0.323 e. The van der Waals surface area contributed by atoms with Crippen LogP contribution in [0.3, 0.4) is 0 Å². The SMILES string of the molecule is CCOc1ccc(-c2nn(-c3ccccc3)cc2/C=C2/SC(=S)N(CC(=O)O)C2=O)cc1C. The van der Waals surface area contributed by atoms with E-state index in [1.165, 1.54) is 0 Å². The van der Waals surface area contributed by atoms with Gasteiger partial charge in [-0.1, -0.05) is 42.2 Å². The van der Waals surface area contributed by atoms with Crippen LogP contribution >= 0.6 is 24.0 Å². The Bertz CT molecular complexity index is 1270. The standard InChI is InChI=1S/C24H21N3O4S2/c1-3-31-19-10-9-16(11-15(19)2)22-17(13-27(25-22)18-7-5-4-6-8-18)12-20-23(30)26(14-21(28)29)24(32)33-20/h4-13H,3,14H2,1-2H3,(H,28,29)/b20-12+. The highest BCUT2D eigenvalue weighted by molar-refractivity contribution is 8.26. The highest BCUT2D eigenvalue weighted by Crippen LogP contribution is 2.35. The monoisotopic (exact) mass is 479 g/mol. The van der Waals surface area contributed by atoms with E-state index in [1.54, 1.807) is 10.8 Å². The third-order valence-electron chi connectivity index (χ3n) is 4.97. The predicted octanol–water partition coefficient (Wildman–Crippen LogP) is 4.53. The van der Waals surface area contributed by atoms with Crippen LogP contribution in [-0.2, 0) is 9.59 Å². The zero-order chi connectivity index (χ0) is 23.5. The summed E-state index contributed by atoms with van der Waals surface area (Å²) in [6, 6.07) is 15.5. The summed E-state index contributed by atoms with van der Waals surface area (Å²) >= 11 is 6.31. The molecule has 1 saturated heterocycles. The van der Waals surface area contributed by atoms with E-state index in [4.69, 9.17) is 27.2 Å². The normalized spacial score (nSPS) is 14.8. The molecule has 1 N–H and O–H groups in total. The molecule has 0 spiro atoms. The first-order valence-electron chi connectivity index (χ1n) is 10.2. The van der Waals surface area contributed by atoms with Crippen LogP contribution in [0.25, 0.3) is 23.0 Å². The van der Waals surface area contributed by atoms with Gasteiger partial charge in [0.05, 0.1) is 17.2 Å². The molecule has 168 valence electrons. The number of para-hydroxylation sites is 1. The predicted molar refractivity (Wildman–Crippen MR) is 132 cm³/mol. The largest absolute Gasteiger partial charge is 0.494 e. The molecule has 2 heterocycles. The number of aryl methyl sites for hydroxylation is 1. The Kier molecular flexibility index (Phi) is 6.62. The first-order valence-corrected chi connectivity index (χ1v) is 11.5. The molecule has 0 radical (unpaired) electrons. The number of hydrogen-bond acceptors (Lipinski definition) is 6. The van der Waals surface area contributed by atoms with Gasteiger partial charge in [-0.2, -0.15) is 5.10 Å². The topological polar surface area (TPSA) is 84.7 Å². The maximum atomic E-state index is 12.8. The average Bonchev–Trinajstić information content (AvgIpc) is 3.32. The van der Waals surface area contributed by atoms with E-state index in [0.29, 0.717) is 17.2 Å².